The van der Waals surface area contributed by atoms with Gasteiger partial charge in [-0.3, -0.25) is 9.59 Å². The lowest BCUT2D eigenvalue weighted by Crippen LogP contribution is -2.23. The van der Waals surface area contributed by atoms with E-state index in [1.807, 2.05) is 72.8 Å². The van der Waals surface area contributed by atoms with Crippen LogP contribution >= 0.6 is 0 Å². The number of fused-ring (bicyclic) bond motifs is 2. The number of hydrogen-bond acceptors (Lipinski definition) is 4. The molecule has 4 aromatic carbocycles. The topological polar surface area (TPSA) is 110 Å². The van der Waals surface area contributed by atoms with Crippen molar-refractivity contribution in [2.24, 2.45) is 11.5 Å². The van der Waals surface area contributed by atoms with Gasteiger partial charge in [0.05, 0.1) is 13.1 Å². The molecule has 4 aromatic rings. The van der Waals surface area contributed by atoms with Crippen LogP contribution < -0.4 is 22.1 Å². The van der Waals surface area contributed by atoms with Crippen molar-refractivity contribution in [3.05, 3.63) is 72.8 Å². The Bertz CT molecular complexity index is 1170. The van der Waals surface area contributed by atoms with E-state index in [-0.39, 0.29) is 24.9 Å². The SMILES string of the molecule is NCC(=O)Nc1ccc2ccccc2c1-c1c(NC(=O)CN)ccc2ccccc12. The zero-order valence-corrected chi connectivity index (χ0v) is 16.3. The molecule has 0 atom stereocenters. The molecule has 30 heavy (non-hydrogen) atoms. The zero-order valence-electron chi connectivity index (χ0n) is 16.3. The second-order valence-corrected chi connectivity index (χ2v) is 6.92. The van der Waals surface area contributed by atoms with Gasteiger partial charge in [0, 0.05) is 22.5 Å². The van der Waals surface area contributed by atoms with Crippen molar-refractivity contribution in [3.8, 4) is 11.1 Å². The third-order valence-corrected chi connectivity index (χ3v) is 5.03. The number of rotatable bonds is 5. The van der Waals surface area contributed by atoms with Crippen LogP contribution in [0.15, 0.2) is 72.8 Å². The number of carbonyl (C=O) groups is 2. The standard InChI is InChI=1S/C24H22N4O2/c25-13-21(29)27-19-11-9-15-5-1-3-7-17(15)23(19)24-18-8-4-2-6-16(18)10-12-20(24)28-22(30)14-26/h1-12H,13-14,25-26H2,(H,27,29)(H,28,30). The molecule has 0 heterocycles. The van der Waals surface area contributed by atoms with Gasteiger partial charge in [-0.05, 0) is 33.7 Å². The second kappa shape index (κ2) is 8.32. The maximum atomic E-state index is 12.2. The van der Waals surface area contributed by atoms with Crippen molar-refractivity contribution >= 4 is 44.7 Å². The smallest absolute Gasteiger partial charge is 0.238 e. The second-order valence-electron chi connectivity index (χ2n) is 6.92. The van der Waals surface area contributed by atoms with Crippen molar-refractivity contribution < 1.29 is 9.59 Å². The van der Waals surface area contributed by atoms with Crippen LogP contribution in [0.1, 0.15) is 0 Å². The van der Waals surface area contributed by atoms with E-state index in [0.717, 1.165) is 32.7 Å². The first kappa shape index (κ1) is 19.6. The quantitative estimate of drug-likeness (QED) is 0.413. The Hall–Kier alpha value is -3.74. The Kier molecular flexibility index (Phi) is 5.43. The number of nitrogens with one attached hydrogen (secondary N) is 2. The Labute approximate surface area is 173 Å². The van der Waals surface area contributed by atoms with E-state index in [9.17, 15) is 9.59 Å². The summed E-state index contributed by atoms with van der Waals surface area (Å²) in [5.74, 6) is -0.585. The van der Waals surface area contributed by atoms with Gasteiger partial charge in [-0.1, -0.05) is 60.7 Å². The van der Waals surface area contributed by atoms with E-state index < -0.39 is 0 Å². The molecule has 0 saturated heterocycles. The maximum Gasteiger partial charge on any atom is 0.238 e. The van der Waals surface area contributed by atoms with Gasteiger partial charge in [-0.25, -0.2) is 0 Å². The molecule has 4 rings (SSSR count). The minimum absolute atomic E-state index is 0.126. The van der Waals surface area contributed by atoms with Crippen LogP contribution in [0.3, 0.4) is 0 Å². The van der Waals surface area contributed by atoms with E-state index in [2.05, 4.69) is 10.6 Å². The first-order valence-corrected chi connectivity index (χ1v) is 9.66. The van der Waals surface area contributed by atoms with E-state index >= 15 is 0 Å². The molecule has 0 saturated carbocycles. The minimum Gasteiger partial charge on any atom is -0.324 e. The van der Waals surface area contributed by atoms with Crippen LogP contribution in [0, 0.1) is 0 Å². The van der Waals surface area contributed by atoms with Gasteiger partial charge in [0.25, 0.3) is 0 Å². The summed E-state index contributed by atoms with van der Waals surface area (Å²) in [4.78, 5) is 24.3. The van der Waals surface area contributed by atoms with E-state index in [1.54, 1.807) is 0 Å². The molecule has 0 aliphatic heterocycles. The molecule has 150 valence electrons. The third-order valence-electron chi connectivity index (χ3n) is 5.03. The maximum absolute atomic E-state index is 12.2. The molecule has 0 fully saturated rings. The van der Waals surface area contributed by atoms with Crippen molar-refractivity contribution in [3.63, 3.8) is 0 Å². The summed E-state index contributed by atoms with van der Waals surface area (Å²) in [6.45, 7) is -0.253. The number of nitrogens with two attached hydrogens (primary N) is 2. The number of carbonyl (C=O) groups excluding carboxylic acids is 2. The predicted octanol–water partition coefficient (Wildman–Crippen LogP) is 3.45. The van der Waals surface area contributed by atoms with Crippen molar-refractivity contribution in [2.45, 2.75) is 0 Å². The predicted molar refractivity (Wildman–Crippen MR) is 122 cm³/mol. The Morgan fingerprint density at radius 1 is 0.600 bits per heavy atom. The van der Waals surface area contributed by atoms with Crippen LogP contribution in [-0.2, 0) is 9.59 Å². The van der Waals surface area contributed by atoms with Crippen LogP contribution in [0.5, 0.6) is 0 Å². The average Bonchev–Trinajstić information content (AvgIpc) is 2.79. The fourth-order valence-electron chi connectivity index (χ4n) is 3.69. The first-order chi connectivity index (χ1) is 14.6. The minimum atomic E-state index is -0.292. The summed E-state index contributed by atoms with van der Waals surface area (Å²) in [6, 6.07) is 23.5. The molecule has 0 aromatic heterocycles. The highest BCUT2D eigenvalue weighted by atomic mass is 16.2. The van der Waals surface area contributed by atoms with Crippen molar-refractivity contribution in [1.29, 1.82) is 0 Å². The summed E-state index contributed by atoms with van der Waals surface area (Å²) in [6.07, 6.45) is 0. The van der Waals surface area contributed by atoms with E-state index in [1.165, 1.54) is 0 Å². The number of amides is 2. The zero-order chi connectivity index (χ0) is 21.1. The molecule has 6 nitrogen and oxygen atoms in total. The average molecular weight is 398 g/mol. The number of hydrogen-bond donors (Lipinski definition) is 4. The number of benzene rings is 4. The Balaban J connectivity index is 2.10. The van der Waals surface area contributed by atoms with Crippen LogP contribution in [0.2, 0.25) is 0 Å². The lowest BCUT2D eigenvalue weighted by Gasteiger charge is -2.20. The van der Waals surface area contributed by atoms with Gasteiger partial charge in [-0.15, -0.1) is 0 Å². The van der Waals surface area contributed by atoms with Gasteiger partial charge < -0.3 is 22.1 Å². The molecule has 6 N–H and O–H groups in total. The fourth-order valence-corrected chi connectivity index (χ4v) is 3.69. The summed E-state index contributed by atoms with van der Waals surface area (Å²) in [5, 5.41) is 9.75. The molecule has 2 amide bonds. The van der Waals surface area contributed by atoms with E-state index in [0.29, 0.717) is 11.4 Å². The lowest BCUT2D eigenvalue weighted by atomic mass is 9.91. The Morgan fingerprint density at radius 3 is 1.40 bits per heavy atom. The van der Waals surface area contributed by atoms with Crippen LogP contribution in [0.4, 0.5) is 11.4 Å². The monoisotopic (exact) mass is 398 g/mol. The van der Waals surface area contributed by atoms with Crippen LogP contribution in [0.25, 0.3) is 32.7 Å². The molecular weight excluding hydrogens is 376 g/mol. The lowest BCUT2D eigenvalue weighted by molar-refractivity contribution is -0.115. The molecule has 0 unspecified atom stereocenters. The van der Waals surface area contributed by atoms with Crippen molar-refractivity contribution in [2.75, 3.05) is 23.7 Å². The highest BCUT2D eigenvalue weighted by Gasteiger charge is 2.19. The van der Waals surface area contributed by atoms with Gasteiger partial charge in [0.2, 0.25) is 11.8 Å². The molecule has 0 aliphatic rings. The third kappa shape index (κ3) is 3.61. The molecule has 0 radical (unpaired) electrons. The summed E-state index contributed by atoms with van der Waals surface area (Å²) in [5.41, 5.74) is 14.0. The molecule has 0 spiro atoms. The molecule has 0 aliphatic carbocycles. The number of anilines is 2. The fraction of sp³-hybridized carbons (Fsp3) is 0.0833. The largest absolute Gasteiger partial charge is 0.324 e. The van der Waals surface area contributed by atoms with Gasteiger partial charge >= 0.3 is 0 Å². The molecular formula is C24H22N4O2. The summed E-state index contributed by atoms with van der Waals surface area (Å²) >= 11 is 0. The van der Waals surface area contributed by atoms with Gasteiger partial charge in [0.1, 0.15) is 0 Å². The molecule has 6 heteroatoms. The summed E-state index contributed by atoms with van der Waals surface area (Å²) in [7, 11) is 0. The van der Waals surface area contributed by atoms with Gasteiger partial charge in [0.15, 0.2) is 0 Å². The Morgan fingerprint density at radius 2 is 1.00 bits per heavy atom. The summed E-state index contributed by atoms with van der Waals surface area (Å²) < 4.78 is 0. The highest BCUT2D eigenvalue weighted by Crippen LogP contribution is 2.43. The van der Waals surface area contributed by atoms with E-state index in [4.69, 9.17) is 11.5 Å². The van der Waals surface area contributed by atoms with Crippen LogP contribution in [-0.4, -0.2) is 24.9 Å². The molecule has 0 bridgehead atoms. The first-order valence-electron chi connectivity index (χ1n) is 9.66. The van der Waals surface area contributed by atoms with Gasteiger partial charge in [-0.2, -0.15) is 0 Å². The highest BCUT2D eigenvalue weighted by molar-refractivity contribution is 6.16. The normalized spacial score (nSPS) is 10.9. The van der Waals surface area contributed by atoms with Crippen molar-refractivity contribution in [1.82, 2.24) is 0 Å².